The molecule has 0 saturated carbocycles. The highest BCUT2D eigenvalue weighted by Gasteiger charge is 2.45. The molecule has 2 aliphatic rings. The first-order valence-corrected chi connectivity index (χ1v) is 8.89. The number of ether oxygens (including phenoxy) is 2. The van der Waals surface area contributed by atoms with E-state index in [1.807, 2.05) is 30.1 Å². The van der Waals surface area contributed by atoms with Crippen LogP contribution in [0.15, 0.2) is 36.7 Å². The molecule has 2 atom stereocenters. The van der Waals surface area contributed by atoms with E-state index in [1.54, 1.807) is 7.11 Å². The zero-order valence-corrected chi connectivity index (χ0v) is 14.9. The maximum Gasteiger partial charge on any atom is 0.119 e. The van der Waals surface area contributed by atoms with Crippen molar-refractivity contribution in [3.63, 3.8) is 0 Å². The Kier molecular flexibility index (Phi) is 4.39. The van der Waals surface area contributed by atoms with Crippen molar-refractivity contribution in [1.29, 1.82) is 0 Å². The van der Waals surface area contributed by atoms with Gasteiger partial charge in [0, 0.05) is 50.6 Å². The molecular formula is C19H26N4O2. The molecule has 0 radical (unpaired) electrons. The third-order valence-corrected chi connectivity index (χ3v) is 5.23. The summed E-state index contributed by atoms with van der Waals surface area (Å²) in [5.74, 6) is 0.881. The van der Waals surface area contributed by atoms with Gasteiger partial charge in [0.1, 0.15) is 5.75 Å². The smallest absolute Gasteiger partial charge is 0.119 e. The molecule has 25 heavy (non-hydrogen) atoms. The molecule has 0 bridgehead atoms. The Hall–Kier alpha value is -2.05. The van der Waals surface area contributed by atoms with E-state index < -0.39 is 0 Å². The summed E-state index contributed by atoms with van der Waals surface area (Å²) in [6.45, 7) is 3.81. The van der Waals surface area contributed by atoms with Gasteiger partial charge in [0.25, 0.3) is 0 Å². The number of aromatic nitrogens is 2. The number of nitrogens with zero attached hydrogens (tertiary/aromatic N) is 3. The van der Waals surface area contributed by atoms with Crippen molar-refractivity contribution in [1.82, 2.24) is 14.7 Å². The molecule has 0 amide bonds. The lowest BCUT2D eigenvalue weighted by Crippen LogP contribution is -2.33. The summed E-state index contributed by atoms with van der Waals surface area (Å²) >= 11 is 0. The van der Waals surface area contributed by atoms with Gasteiger partial charge in [-0.2, -0.15) is 5.10 Å². The summed E-state index contributed by atoms with van der Waals surface area (Å²) in [7, 11) is 3.65. The van der Waals surface area contributed by atoms with Crippen molar-refractivity contribution in [2.75, 3.05) is 32.1 Å². The average Bonchev–Trinajstić information content (AvgIpc) is 3.31. The molecule has 4 rings (SSSR count). The lowest BCUT2D eigenvalue weighted by molar-refractivity contribution is 0.0120. The number of hydrogen-bond acceptors (Lipinski definition) is 5. The molecule has 1 N–H and O–H groups in total. The van der Waals surface area contributed by atoms with Gasteiger partial charge in [-0.25, -0.2) is 0 Å². The minimum absolute atomic E-state index is 0.00630. The van der Waals surface area contributed by atoms with Crippen LogP contribution in [-0.4, -0.2) is 53.1 Å². The van der Waals surface area contributed by atoms with E-state index in [0.717, 1.165) is 50.5 Å². The maximum absolute atomic E-state index is 6.25. The molecule has 2 saturated heterocycles. The monoisotopic (exact) mass is 342 g/mol. The van der Waals surface area contributed by atoms with Crippen LogP contribution >= 0.6 is 0 Å². The Morgan fingerprint density at radius 2 is 2.20 bits per heavy atom. The standard InChI is InChI=1S/C19H26N4O2/c1-22-11-15(10-20-22)12-23-8-7-19(14-23)9-17(13-25-19)21-16-3-5-18(24-2)6-4-16/h3-6,10-11,17,21H,7-9,12-14H2,1-2H3/t17-,19-/m1/s1. The molecule has 2 fully saturated rings. The zero-order chi connectivity index (χ0) is 17.3. The molecule has 2 aliphatic heterocycles. The molecule has 2 aromatic rings. The van der Waals surface area contributed by atoms with Crippen molar-refractivity contribution < 1.29 is 9.47 Å². The Labute approximate surface area is 148 Å². The molecule has 1 spiro atoms. The van der Waals surface area contributed by atoms with Crippen LogP contribution in [0.3, 0.4) is 0 Å². The average molecular weight is 342 g/mol. The lowest BCUT2D eigenvalue weighted by Gasteiger charge is -2.23. The largest absolute Gasteiger partial charge is 0.497 e. The van der Waals surface area contributed by atoms with Gasteiger partial charge in [0.05, 0.1) is 31.6 Å². The highest BCUT2D eigenvalue weighted by atomic mass is 16.5. The van der Waals surface area contributed by atoms with Crippen molar-refractivity contribution in [2.24, 2.45) is 7.05 Å². The normalized spacial score (nSPS) is 26.4. The summed E-state index contributed by atoms with van der Waals surface area (Å²) < 4.78 is 13.3. The predicted octanol–water partition coefficient (Wildman–Crippen LogP) is 2.27. The molecule has 0 unspecified atom stereocenters. The van der Waals surface area contributed by atoms with Gasteiger partial charge in [-0.3, -0.25) is 9.58 Å². The molecule has 1 aromatic heterocycles. The SMILES string of the molecule is COc1ccc(N[C@H]2CO[C@]3(CCN(Cc4cnn(C)c4)C3)C2)cc1. The molecule has 3 heterocycles. The second-order valence-electron chi connectivity index (χ2n) is 7.25. The van der Waals surface area contributed by atoms with Crippen LogP contribution in [0.4, 0.5) is 5.69 Å². The quantitative estimate of drug-likeness (QED) is 0.903. The van der Waals surface area contributed by atoms with Gasteiger partial charge in [-0.05, 0) is 30.7 Å². The van der Waals surface area contributed by atoms with Gasteiger partial charge in [-0.1, -0.05) is 0 Å². The molecule has 0 aliphatic carbocycles. The van der Waals surface area contributed by atoms with E-state index >= 15 is 0 Å². The lowest BCUT2D eigenvalue weighted by atomic mass is 9.97. The van der Waals surface area contributed by atoms with Gasteiger partial charge >= 0.3 is 0 Å². The van der Waals surface area contributed by atoms with Gasteiger partial charge in [0.15, 0.2) is 0 Å². The topological polar surface area (TPSA) is 51.5 Å². The summed E-state index contributed by atoms with van der Waals surface area (Å²) in [5.41, 5.74) is 2.40. The van der Waals surface area contributed by atoms with Crippen molar-refractivity contribution in [3.8, 4) is 5.75 Å². The predicted molar refractivity (Wildman–Crippen MR) is 96.8 cm³/mol. The first-order chi connectivity index (χ1) is 12.1. The number of rotatable bonds is 5. The number of aryl methyl sites for hydroxylation is 1. The van der Waals surface area contributed by atoms with E-state index in [9.17, 15) is 0 Å². The molecular weight excluding hydrogens is 316 g/mol. The Balaban J connectivity index is 1.32. The van der Waals surface area contributed by atoms with E-state index in [-0.39, 0.29) is 5.60 Å². The number of benzene rings is 1. The van der Waals surface area contributed by atoms with Gasteiger partial charge in [0.2, 0.25) is 0 Å². The van der Waals surface area contributed by atoms with Crippen molar-refractivity contribution >= 4 is 5.69 Å². The van der Waals surface area contributed by atoms with Crippen molar-refractivity contribution in [3.05, 3.63) is 42.2 Å². The molecule has 134 valence electrons. The molecule has 6 nitrogen and oxygen atoms in total. The van der Waals surface area contributed by atoms with Crippen LogP contribution in [0.1, 0.15) is 18.4 Å². The summed E-state index contributed by atoms with van der Waals surface area (Å²) in [6.07, 6.45) is 6.21. The number of anilines is 1. The van der Waals surface area contributed by atoms with Crippen LogP contribution < -0.4 is 10.1 Å². The van der Waals surface area contributed by atoms with E-state index in [1.165, 1.54) is 5.56 Å². The number of methoxy groups -OCH3 is 1. The van der Waals surface area contributed by atoms with Crippen LogP contribution in [0.25, 0.3) is 0 Å². The zero-order valence-electron chi connectivity index (χ0n) is 14.9. The number of nitrogens with one attached hydrogen (secondary N) is 1. The fourth-order valence-corrected chi connectivity index (χ4v) is 4.02. The third-order valence-electron chi connectivity index (χ3n) is 5.23. The molecule has 6 heteroatoms. The van der Waals surface area contributed by atoms with Gasteiger partial charge in [-0.15, -0.1) is 0 Å². The van der Waals surface area contributed by atoms with E-state index in [2.05, 4.69) is 33.6 Å². The fraction of sp³-hybridized carbons (Fsp3) is 0.526. The Morgan fingerprint density at radius 3 is 2.92 bits per heavy atom. The van der Waals surface area contributed by atoms with Gasteiger partial charge < -0.3 is 14.8 Å². The third kappa shape index (κ3) is 3.65. The Morgan fingerprint density at radius 1 is 1.36 bits per heavy atom. The van der Waals surface area contributed by atoms with E-state index in [0.29, 0.717) is 6.04 Å². The summed E-state index contributed by atoms with van der Waals surface area (Å²) in [5, 5.41) is 7.86. The van der Waals surface area contributed by atoms with Crippen LogP contribution in [0, 0.1) is 0 Å². The Bertz CT molecular complexity index is 714. The number of hydrogen-bond donors (Lipinski definition) is 1. The van der Waals surface area contributed by atoms with E-state index in [4.69, 9.17) is 9.47 Å². The second kappa shape index (κ2) is 6.69. The van der Waals surface area contributed by atoms with Crippen molar-refractivity contribution in [2.45, 2.75) is 31.0 Å². The maximum atomic E-state index is 6.25. The summed E-state index contributed by atoms with van der Waals surface area (Å²) in [4.78, 5) is 2.48. The summed E-state index contributed by atoms with van der Waals surface area (Å²) in [6, 6.07) is 8.46. The fourth-order valence-electron chi connectivity index (χ4n) is 4.02. The van der Waals surface area contributed by atoms with Crippen LogP contribution in [0.2, 0.25) is 0 Å². The van der Waals surface area contributed by atoms with Crippen LogP contribution in [0.5, 0.6) is 5.75 Å². The second-order valence-corrected chi connectivity index (χ2v) is 7.25. The minimum atomic E-state index is 0.00630. The first kappa shape index (κ1) is 16.4. The number of likely N-dealkylation sites (tertiary alicyclic amines) is 1. The molecule has 1 aromatic carbocycles. The first-order valence-electron chi connectivity index (χ1n) is 8.89. The highest BCUT2D eigenvalue weighted by molar-refractivity contribution is 5.47. The highest BCUT2D eigenvalue weighted by Crippen LogP contribution is 2.36. The van der Waals surface area contributed by atoms with Crippen LogP contribution in [-0.2, 0) is 18.3 Å². The minimum Gasteiger partial charge on any atom is -0.497 e.